The zero-order chi connectivity index (χ0) is 13.9. The number of nitrogens with one attached hydrogen (secondary N) is 1. The van der Waals surface area contributed by atoms with Gasteiger partial charge in [-0.05, 0) is 38.4 Å². The van der Waals surface area contributed by atoms with Crippen molar-refractivity contribution in [1.29, 1.82) is 0 Å². The summed E-state index contributed by atoms with van der Waals surface area (Å²) in [5, 5.41) is 3.66. The summed E-state index contributed by atoms with van der Waals surface area (Å²) in [6.07, 6.45) is 4.89. The Morgan fingerprint density at radius 3 is 2.47 bits per heavy atom. The Bertz CT molecular complexity index is 310. The van der Waals surface area contributed by atoms with Crippen molar-refractivity contribution < 1.29 is 0 Å². The van der Waals surface area contributed by atoms with E-state index >= 15 is 0 Å². The SMILES string of the molecule is CCCNC(CCC)CN(C)CCc1ccccc1. The van der Waals surface area contributed by atoms with Crippen molar-refractivity contribution in [2.75, 3.05) is 26.7 Å². The Morgan fingerprint density at radius 2 is 1.84 bits per heavy atom. The maximum absolute atomic E-state index is 3.66. The fourth-order valence-electron chi connectivity index (χ4n) is 2.39. The lowest BCUT2D eigenvalue weighted by Gasteiger charge is -2.24. The van der Waals surface area contributed by atoms with Crippen molar-refractivity contribution in [3.63, 3.8) is 0 Å². The highest BCUT2D eigenvalue weighted by atomic mass is 15.1. The molecule has 0 amide bonds. The topological polar surface area (TPSA) is 15.3 Å². The summed E-state index contributed by atoms with van der Waals surface area (Å²) in [5.41, 5.74) is 1.43. The molecular formula is C17H30N2. The molecule has 0 bridgehead atoms. The van der Waals surface area contributed by atoms with Gasteiger partial charge in [0, 0.05) is 19.1 Å². The first kappa shape index (κ1) is 16.2. The molecule has 1 aromatic rings. The van der Waals surface area contributed by atoms with Gasteiger partial charge < -0.3 is 10.2 Å². The van der Waals surface area contributed by atoms with Crippen LogP contribution in [-0.2, 0) is 6.42 Å². The zero-order valence-electron chi connectivity index (χ0n) is 12.9. The predicted molar refractivity (Wildman–Crippen MR) is 84.6 cm³/mol. The van der Waals surface area contributed by atoms with Crippen LogP contribution in [0.15, 0.2) is 30.3 Å². The Kier molecular flexibility index (Phi) is 8.52. The molecule has 0 saturated heterocycles. The molecule has 1 unspecified atom stereocenters. The second kappa shape index (κ2) is 9.99. The Morgan fingerprint density at radius 1 is 1.11 bits per heavy atom. The van der Waals surface area contributed by atoms with Gasteiger partial charge in [-0.1, -0.05) is 50.6 Å². The summed E-state index contributed by atoms with van der Waals surface area (Å²) in [6.45, 7) is 7.93. The average molecular weight is 262 g/mol. The summed E-state index contributed by atoms with van der Waals surface area (Å²) in [7, 11) is 2.24. The molecule has 0 aromatic heterocycles. The Hall–Kier alpha value is -0.860. The van der Waals surface area contributed by atoms with Gasteiger partial charge in [-0.25, -0.2) is 0 Å². The van der Waals surface area contributed by atoms with Crippen molar-refractivity contribution in [2.45, 2.75) is 45.6 Å². The van der Waals surface area contributed by atoms with Crippen molar-refractivity contribution in [3.05, 3.63) is 35.9 Å². The van der Waals surface area contributed by atoms with E-state index in [4.69, 9.17) is 0 Å². The van der Waals surface area contributed by atoms with E-state index in [2.05, 4.69) is 61.4 Å². The predicted octanol–water partition coefficient (Wildman–Crippen LogP) is 3.33. The molecule has 0 aliphatic heterocycles. The third-order valence-corrected chi connectivity index (χ3v) is 3.48. The molecule has 0 aliphatic carbocycles. The summed E-state index contributed by atoms with van der Waals surface area (Å²) >= 11 is 0. The van der Waals surface area contributed by atoms with Crippen LogP contribution in [0.2, 0.25) is 0 Å². The lowest BCUT2D eigenvalue weighted by atomic mass is 10.1. The number of rotatable bonds is 10. The average Bonchev–Trinajstić information content (AvgIpc) is 2.44. The van der Waals surface area contributed by atoms with Crippen LogP contribution in [0.4, 0.5) is 0 Å². The first-order valence-corrected chi connectivity index (χ1v) is 7.72. The van der Waals surface area contributed by atoms with Crippen LogP contribution >= 0.6 is 0 Å². The number of benzene rings is 1. The molecule has 0 heterocycles. The quantitative estimate of drug-likeness (QED) is 0.696. The van der Waals surface area contributed by atoms with Gasteiger partial charge in [0.2, 0.25) is 0 Å². The zero-order valence-corrected chi connectivity index (χ0v) is 12.9. The van der Waals surface area contributed by atoms with Crippen LogP contribution in [0.25, 0.3) is 0 Å². The van der Waals surface area contributed by atoms with Crippen LogP contribution in [0, 0.1) is 0 Å². The highest BCUT2D eigenvalue weighted by Gasteiger charge is 2.09. The molecule has 108 valence electrons. The molecule has 1 atom stereocenters. The Balaban J connectivity index is 2.29. The van der Waals surface area contributed by atoms with E-state index in [1.54, 1.807) is 0 Å². The second-order valence-electron chi connectivity index (χ2n) is 5.44. The van der Waals surface area contributed by atoms with E-state index in [0.29, 0.717) is 6.04 Å². The smallest absolute Gasteiger partial charge is 0.0194 e. The lowest BCUT2D eigenvalue weighted by Crippen LogP contribution is -2.40. The van der Waals surface area contributed by atoms with Gasteiger partial charge in [-0.15, -0.1) is 0 Å². The maximum atomic E-state index is 3.66. The monoisotopic (exact) mass is 262 g/mol. The van der Waals surface area contributed by atoms with E-state index in [1.807, 2.05) is 0 Å². The minimum atomic E-state index is 0.644. The fourth-order valence-corrected chi connectivity index (χ4v) is 2.39. The van der Waals surface area contributed by atoms with E-state index < -0.39 is 0 Å². The van der Waals surface area contributed by atoms with Crippen molar-refractivity contribution in [1.82, 2.24) is 10.2 Å². The highest BCUT2D eigenvalue weighted by molar-refractivity contribution is 5.14. The lowest BCUT2D eigenvalue weighted by molar-refractivity contribution is 0.282. The maximum Gasteiger partial charge on any atom is 0.0194 e. The summed E-state index contributed by atoms with van der Waals surface area (Å²) in [6, 6.07) is 11.4. The summed E-state index contributed by atoms with van der Waals surface area (Å²) in [4.78, 5) is 2.45. The van der Waals surface area contributed by atoms with Gasteiger partial charge in [-0.3, -0.25) is 0 Å². The minimum absolute atomic E-state index is 0.644. The molecule has 0 saturated carbocycles. The molecule has 1 aromatic carbocycles. The second-order valence-corrected chi connectivity index (χ2v) is 5.44. The van der Waals surface area contributed by atoms with E-state index in [1.165, 1.54) is 24.8 Å². The van der Waals surface area contributed by atoms with Gasteiger partial charge in [0.15, 0.2) is 0 Å². The van der Waals surface area contributed by atoms with Crippen LogP contribution in [-0.4, -0.2) is 37.6 Å². The highest BCUT2D eigenvalue weighted by Crippen LogP contribution is 2.03. The molecule has 0 radical (unpaired) electrons. The summed E-state index contributed by atoms with van der Waals surface area (Å²) < 4.78 is 0. The van der Waals surface area contributed by atoms with E-state index in [-0.39, 0.29) is 0 Å². The number of likely N-dealkylation sites (N-methyl/N-ethyl adjacent to an activating group) is 1. The van der Waals surface area contributed by atoms with Gasteiger partial charge in [0.1, 0.15) is 0 Å². The number of hydrogen-bond donors (Lipinski definition) is 1. The van der Waals surface area contributed by atoms with Gasteiger partial charge in [0.05, 0.1) is 0 Å². The molecule has 0 spiro atoms. The third kappa shape index (κ3) is 7.34. The van der Waals surface area contributed by atoms with Crippen molar-refractivity contribution in [3.8, 4) is 0 Å². The van der Waals surface area contributed by atoms with Gasteiger partial charge >= 0.3 is 0 Å². The van der Waals surface area contributed by atoms with Crippen molar-refractivity contribution >= 4 is 0 Å². The minimum Gasteiger partial charge on any atom is -0.313 e. The molecule has 1 N–H and O–H groups in total. The van der Waals surface area contributed by atoms with E-state index in [9.17, 15) is 0 Å². The van der Waals surface area contributed by atoms with Gasteiger partial charge in [0.25, 0.3) is 0 Å². The first-order valence-electron chi connectivity index (χ1n) is 7.72. The molecule has 0 fully saturated rings. The van der Waals surface area contributed by atoms with Crippen LogP contribution in [0.1, 0.15) is 38.7 Å². The molecule has 19 heavy (non-hydrogen) atoms. The standard InChI is InChI=1S/C17H30N2/c1-4-9-17(18-13-5-2)15-19(3)14-12-16-10-7-6-8-11-16/h6-8,10-11,17-18H,4-5,9,12-15H2,1-3H3. The fraction of sp³-hybridized carbons (Fsp3) is 0.647. The molecule has 0 aliphatic rings. The first-order chi connectivity index (χ1) is 9.26. The number of hydrogen-bond acceptors (Lipinski definition) is 2. The van der Waals surface area contributed by atoms with Crippen LogP contribution < -0.4 is 5.32 Å². The molecule has 2 heteroatoms. The van der Waals surface area contributed by atoms with E-state index in [0.717, 1.165) is 26.1 Å². The van der Waals surface area contributed by atoms with Crippen LogP contribution in [0.5, 0.6) is 0 Å². The largest absolute Gasteiger partial charge is 0.313 e. The molecule has 2 nitrogen and oxygen atoms in total. The molecule has 1 rings (SSSR count). The molecular weight excluding hydrogens is 232 g/mol. The van der Waals surface area contributed by atoms with Gasteiger partial charge in [-0.2, -0.15) is 0 Å². The normalized spacial score (nSPS) is 12.8. The van der Waals surface area contributed by atoms with Crippen LogP contribution in [0.3, 0.4) is 0 Å². The van der Waals surface area contributed by atoms with Crippen molar-refractivity contribution in [2.24, 2.45) is 0 Å². The summed E-state index contributed by atoms with van der Waals surface area (Å²) in [5.74, 6) is 0. The number of nitrogens with zero attached hydrogens (tertiary/aromatic N) is 1. The Labute approximate surface area is 119 Å². The third-order valence-electron chi connectivity index (χ3n) is 3.48.